The zero-order valence-electron chi connectivity index (χ0n) is 12.4. The molecule has 22 heavy (non-hydrogen) atoms. The number of nitrogens with zero attached hydrogens (tertiary/aromatic N) is 1. The van der Waals surface area contributed by atoms with Gasteiger partial charge in [0.25, 0.3) is 0 Å². The third-order valence-electron chi connectivity index (χ3n) is 2.78. The summed E-state index contributed by atoms with van der Waals surface area (Å²) in [6.45, 7) is 6.14. The zero-order valence-corrected chi connectivity index (χ0v) is 14.1. The summed E-state index contributed by atoms with van der Waals surface area (Å²) in [6, 6.07) is 3.57. The lowest BCUT2D eigenvalue weighted by Gasteiger charge is -2.14. The Morgan fingerprint density at radius 2 is 2.05 bits per heavy atom. The standard InChI is InChI=1S/C15H16F2N2OS2/c1-15(2,3)12-7-22-14(18-12)19-13(20)8-21-9-4-5-10(16)11(17)6-9/h4-7H,8H2,1-3H3,(H,18,19,20). The lowest BCUT2D eigenvalue weighted by molar-refractivity contribution is -0.113. The number of nitrogens with one attached hydrogen (secondary N) is 1. The molecular formula is C15H16F2N2OS2. The van der Waals surface area contributed by atoms with Crippen LogP contribution in [-0.4, -0.2) is 16.6 Å². The van der Waals surface area contributed by atoms with Crippen LogP contribution in [0.25, 0.3) is 0 Å². The minimum Gasteiger partial charge on any atom is -0.301 e. The average Bonchev–Trinajstić information content (AvgIpc) is 2.88. The Bertz CT molecular complexity index is 680. The number of aromatic nitrogens is 1. The van der Waals surface area contributed by atoms with Crippen molar-refractivity contribution in [1.29, 1.82) is 0 Å². The third-order valence-corrected chi connectivity index (χ3v) is 4.53. The van der Waals surface area contributed by atoms with Crippen LogP contribution in [0, 0.1) is 11.6 Å². The van der Waals surface area contributed by atoms with Crippen LogP contribution in [0.1, 0.15) is 26.5 Å². The van der Waals surface area contributed by atoms with Gasteiger partial charge >= 0.3 is 0 Å². The van der Waals surface area contributed by atoms with E-state index < -0.39 is 11.6 Å². The predicted octanol–water partition coefficient (Wildman–Crippen LogP) is 4.45. The summed E-state index contributed by atoms with van der Waals surface area (Å²) in [6.07, 6.45) is 0. The highest BCUT2D eigenvalue weighted by atomic mass is 32.2. The number of hydrogen-bond acceptors (Lipinski definition) is 4. The summed E-state index contributed by atoms with van der Waals surface area (Å²) >= 11 is 2.51. The SMILES string of the molecule is CC(C)(C)c1csc(NC(=O)CSc2ccc(F)c(F)c2)n1. The predicted molar refractivity (Wildman–Crippen MR) is 86.5 cm³/mol. The first-order valence-corrected chi connectivity index (χ1v) is 8.46. The molecule has 1 aromatic carbocycles. The van der Waals surface area contributed by atoms with E-state index in [1.165, 1.54) is 17.4 Å². The molecule has 1 heterocycles. The van der Waals surface area contributed by atoms with Gasteiger partial charge in [-0.05, 0) is 18.2 Å². The van der Waals surface area contributed by atoms with Gasteiger partial charge in [0.05, 0.1) is 11.4 Å². The van der Waals surface area contributed by atoms with Crippen molar-refractivity contribution < 1.29 is 13.6 Å². The first-order valence-electron chi connectivity index (χ1n) is 6.59. The van der Waals surface area contributed by atoms with Crippen LogP contribution in [0.3, 0.4) is 0 Å². The van der Waals surface area contributed by atoms with Crippen molar-refractivity contribution in [3.63, 3.8) is 0 Å². The van der Waals surface area contributed by atoms with Crippen LogP contribution in [0.4, 0.5) is 13.9 Å². The number of thiazole rings is 1. The molecule has 0 aliphatic carbocycles. The topological polar surface area (TPSA) is 42.0 Å². The lowest BCUT2D eigenvalue weighted by Crippen LogP contribution is -2.15. The van der Waals surface area contributed by atoms with Gasteiger partial charge in [-0.1, -0.05) is 20.8 Å². The fraction of sp³-hybridized carbons (Fsp3) is 0.333. The average molecular weight is 342 g/mol. The monoisotopic (exact) mass is 342 g/mol. The zero-order chi connectivity index (χ0) is 16.3. The number of amides is 1. The van der Waals surface area contributed by atoms with Crippen LogP contribution < -0.4 is 5.32 Å². The summed E-state index contributed by atoms with van der Waals surface area (Å²) < 4.78 is 25.9. The normalized spacial score (nSPS) is 11.5. The van der Waals surface area contributed by atoms with Crippen molar-refractivity contribution in [2.45, 2.75) is 31.1 Å². The molecule has 1 aromatic heterocycles. The summed E-state index contributed by atoms with van der Waals surface area (Å²) in [7, 11) is 0. The molecule has 0 atom stereocenters. The molecule has 0 saturated carbocycles. The van der Waals surface area contributed by atoms with Gasteiger partial charge in [0.15, 0.2) is 16.8 Å². The van der Waals surface area contributed by atoms with Gasteiger partial charge in [-0.3, -0.25) is 4.79 Å². The Balaban J connectivity index is 1.90. The Morgan fingerprint density at radius 1 is 1.32 bits per heavy atom. The molecule has 3 nitrogen and oxygen atoms in total. The number of carbonyl (C=O) groups is 1. The second-order valence-electron chi connectivity index (χ2n) is 5.70. The first-order chi connectivity index (χ1) is 10.3. The second-order valence-corrected chi connectivity index (χ2v) is 7.61. The second kappa shape index (κ2) is 6.75. The maximum absolute atomic E-state index is 13.1. The number of halogens is 2. The van der Waals surface area contributed by atoms with Gasteiger partial charge in [0, 0.05) is 15.7 Å². The van der Waals surface area contributed by atoms with Gasteiger partial charge in [-0.2, -0.15) is 0 Å². The molecule has 0 aliphatic heterocycles. The van der Waals surface area contributed by atoms with Crippen LogP contribution in [-0.2, 0) is 10.2 Å². The van der Waals surface area contributed by atoms with Crippen molar-refractivity contribution in [3.05, 3.63) is 40.9 Å². The number of anilines is 1. The molecule has 0 bridgehead atoms. The van der Waals surface area contributed by atoms with Crippen molar-refractivity contribution in [2.75, 3.05) is 11.1 Å². The van der Waals surface area contributed by atoms with Crippen LogP contribution in [0.2, 0.25) is 0 Å². The quantitative estimate of drug-likeness (QED) is 0.835. The number of benzene rings is 1. The van der Waals surface area contributed by atoms with E-state index in [0.29, 0.717) is 10.0 Å². The fourth-order valence-corrected chi connectivity index (χ4v) is 3.22. The Hall–Kier alpha value is -1.47. The summed E-state index contributed by atoms with van der Waals surface area (Å²) in [5.41, 5.74) is 0.848. The van der Waals surface area contributed by atoms with Crippen LogP contribution >= 0.6 is 23.1 Å². The van der Waals surface area contributed by atoms with Crippen molar-refractivity contribution in [3.8, 4) is 0 Å². The van der Waals surface area contributed by atoms with Crippen LogP contribution in [0.5, 0.6) is 0 Å². The van der Waals surface area contributed by atoms with Gasteiger partial charge in [-0.15, -0.1) is 23.1 Å². The summed E-state index contributed by atoms with van der Waals surface area (Å²) in [5, 5.41) is 5.17. The molecule has 1 N–H and O–H groups in total. The third kappa shape index (κ3) is 4.51. The highest BCUT2D eigenvalue weighted by molar-refractivity contribution is 8.00. The molecule has 0 radical (unpaired) electrons. The van der Waals surface area contributed by atoms with E-state index in [0.717, 1.165) is 29.6 Å². The molecule has 0 spiro atoms. The highest BCUT2D eigenvalue weighted by Crippen LogP contribution is 2.26. The maximum atomic E-state index is 13.1. The maximum Gasteiger partial charge on any atom is 0.236 e. The largest absolute Gasteiger partial charge is 0.301 e. The van der Waals surface area contributed by atoms with E-state index >= 15 is 0 Å². The number of thioether (sulfide) groups is 1. The van der Waals surface area contributed by atoms with Gasteiger partial charge in [0.1, 0.15) is 0 Å². The number of carbonyl (C=O) groups excluding carboxylic acids is 1. The van der Waals surface area contributed by atoms with Crippen molar-refractivity contribution >= 4 is 34.1 Å². The van der Waals surface area contributed by atoms with Gasteiger partial charge < -0.3 is 5.32 Å². The van der Waals surface area contributed by atoms with E-state index in [-0.39, 0.29) is 17.1 Å². The van der Waals surface area contributed by atoms with Crippen molar-refractivity contribution in [1.82, 2.24) is 4.98 Å². The number of rotatable bonds is 4. The molecular weight excluding hydrogens is 326 g/mol. The molecule has 118 valence electrons. The molecule has 0 aliphatic rings. The number of hydrogen-bond donors (Lipinski definition) is 1. The Morgan fingerprint density at radius 3 is 2.64 bits per heavy atom. The molecule has 0 fully saturated rings. The minimum atomic E-state index is -0.917. The van der Waals surface area contributed by atoms with Crippen LogP contribution in [0.15, 0.2) is 28.5 Å². The van der Waals surface area contributed by atoms with Gasteiger partial charge in [-0.25, -0.2) is 13.8 Å². The highest BCUT2D eigenvalue weighted by Gasteiger charge is 2.18. The van der Waals surface area contributed by atoms with E-state index in [4.69, 9.17) is 0 Å². The Kier molecular flexibility index (Phi) is 5.18. The lowest BCUT2D eigenvalue weighted by atomic mass is 9.93. The van der Waals surface area contributed by atoms with Gasteiger partial charge in [0.2, 0.25) is 5.91 Å². The molecule has 7 heteroatoms. The fourth-order valence-electron chi connectivity index (χ4n) is 1.55. The molecule has 0 unspecified atom stereocenters. The molecule has 1 amide bonds. The smallest absolute Gasteiger partial charge is 0.236 e. The van der Waals surface area contributed by atoms with Crippen molar-refractivity contribution in [2.24, 2.45) is 0 Å². The minimum absolute atomic E-state index is 0.0696. The van der Waals surface area contributed by atoms with E-state index in [9.17, 15) is 13.6 Å². The first kappa shape index (κ1) is 16.9. The summed E-state index contributed by atoms with van der Waals surface area (Å²) in [4.78, 5) is 16.7. The molecule has 2 rings (SSSR count). The van der Waals surface area contributed by atoms with E-state index in [1.807, 2.05) is 26.2 Å². The van der Waals surface area contributed by atoms with E-state index in [2.05, 4.69) is 10.3 Å². The van der Waals surface area contributed by atoms with E-state index in [1.54, 1.807) is 0 Å². The Labute approximate surface area is 136 Å². The molecule has 0 saturated heterocycles. The molecule has 2 aromatic rings. The summed E-state index contributed by atoms with van der Waals surface area (Å²) in [5.74, 6) is -1.94.